The van der Waals surface area contributed by atoms with Crippen molar-refractivity contribution in [1.82, 2.24) is 0 Å². The summed E-state index contributed by atoms with van der Waals surface area (Å²) in [4.78, 5) is 5.31. The van der Waals surface area contributed by atoms with E-state index in [1.165, 1.54) is 5.56 Å². The zero-order chi connectivity index (χ0) is 31.3. The fraction of sp³-hybridized carbons (Fsp3) is 0.0682. The first-order valence-corrected chi connectivity index (χ1v) is 15.7. The molecule has 222 valence electrons. The molecule has 1 heterocycles. The van der Waals surface area contributed by atoms with E-state index in [4.69, 9.17) is 9.73 Å². The molecule has 2 unspecified atom stereocenters. The first-order chi connectivity index (χ1) is 22.7. The van der Waals surface area contributed by atoms with Crippen molar-refractivity contribution in [2.75, 3.05) is 0 Å². The van der Waals surface area contributed by atoms with Crippen LogP contribution in [0.25, 0.3) is 11.6 Å². The summed E-state index contributed by atoms with van der Waals surface area (Å²) in [7, 11) is 0. The molecular formula is C44H35NO. The predicted octanol–water partition coefficient (Wildman–Crippen LogP) is 11.1. The van der Waals surface area contributed by atoms with Crippen molar-refractivity contribution in [1.29, 1.82) is 0 Å². The Hall–Kier alpha value is -5.73. The van der Waals surface area contributed by atoms with Crippen molar-refractivity contribution in [2.24, 2.45) is 4.99 Å². The number of fused-ring (bicyclic) bond motifs is 6. The Morgan fingerprint density at radius 1 is 0.739 bits per heavy atom. The maximum Gasteiger partial charge on any atom is 0.132 e. The minimum atomic E-state index is -0.607. The average Bonchev–Trinajstić information content (AvgIpc) is 3.18. The van der Waals surface area contributed by atoms with Crippen molar-refractivity contribution < 1.29 is 4.74 Å². The van der Waals surface area contributed by atoms with Crippen molar-refractivity contribution in [3.63, 3.8) is 0 Å². The molecular weight excluding hydrogens is 558 g/mol. The maximum absolute atomic E-state index is 6.64. The molecule has 1 spiro atoms. The van der Waals surface area contributed by atoms with Crippen molar-refractivity contribution in [3.05, 3.63) is 216 Å². The van der Waals surface area contributed by atoms with Crippen LogP contribution in [0.15, 0.2) is 182 Å². The Kier molecular flexibility index (Phi) is 8.01. The molecule has 2 aliphatic rings. The van der Waals surface area contributed by atoms with E-state index in [0.29, 0.717) is 0 Å². The molecule has 46 heavy (non-hydrogen) atoms. The third kappa shape index (κ3) is 5.39. The van der Waals surface area contributed by atoms with Crippen LogP contribution >= 0.6 is 0 Å². The van der Waals surface area contributed by atoms with Crippen LogP contribution in [-0.2, 0) is 5.41 Å². The molecule has 0 fully saturated rings. The van der Waals surface area contributed by atoms with E-state index < -0.39 is 5.41 Å². The molecule has 0 amide bonds. The lowest BCUT2D eigenvalue weighted by Crippen LogP contribution is -2.32. The predicted molar refractivity (Wildman–Crippen MR) is 193 cm³/mol. The number of allylic oxidation sites excluding steroid dienone is 6. The molecule has 0 aromatic heterocycles. The van der Waals surface area contributed by atoms with Crippen LogP contribution in [0.1, 0.15) is 51.4 Å². The van der Waals surface area contributed by atoms with Crippen LogP contribution in [0, 0.1) is 0 Å². The number of benzene rings is 5. The minimum Gasteiger partial charge on any atom is -0.457 e. The van der Waals surface area contributed by atoms with Gasteiger partial charge in [-0.3, -0.25) is 4.99 Å². The van der Waals surface area contributed by atoms with Gasteiger partial charge < -0.3 is 4.74 Å². The number of rotatable bonds is 6. The lowest BCUT2D eigenvalue weighted by atomic mass is 9.65. The van der Waals surface area contributed by atoms with Gasteiger partial charge in [0.05, 0.1) is 17.2 Å². The fourth-order valence-electron chi connectivity index (χ4n) is 6.56. The highest BCUT2D eigenvalue weighted by Crippen LogP contribution is 2.54. The van der Waals surface area contributed by atoms with E-state index in [2.05, 4.69) is 147 Å². The minimum absolute atomic E-state index is 0.278. The Morgan fingerprint density at radius 2 is 1.43 bits per heavy atom. The van der Waals surface area contributed by atoms with Crippen LogP contribution in [0.3, 0.4) is 0 Å². The van der Waals surface area contributed by atoms with E-state index in [1.54, 1.807) is 0 Å². The van der Waals surface area contributed by atoms with Crippen molar-refractivity contribution >= 4 is 17.4 Å². The largest absolute Gasteiger partial charge is 0.457 e. The van der Waals surface area contributed by atoms with Crippen LogP contribution in [-0.4, -0.2) is 5.71 Å². The van der Waals surface area contributed by atoms with E-state index in [-0.39, 0.29) is 6.04 Å². The van der Waals surface area contributed by atoms with E-state index in [0.717, 1.165) is 62.6 Å². The molecule has 0 saturated carbocycles. The van der Waals surface area contributed by atoms with Crippen LogP contribution in [0.2, 0.25) is 0 Å². The SMILES string of the molecule is C=CC(=NC(C=Cc1ccccc1)c1ccc2c(c1)C1(C=CC/C=C\C(=C)c3ccccc31)c1ccccc1O2)c1ccccc1. The second-order valence-electron chi connectivity index (χ2n) is 11.6. The number of para-hydroxylation sites is 1. The number of hydrogen-bond donors (Lipinski definition) is 0. The van der Waals surface area contributed by atoms with Gasteiger partial charge in [0, 0.05) is 11.1 Å². The second-order valence-corrected chi connectivity index (χ2v) is 11.6. The molecule has 2 nitrogen and oxygen atoms in total. The standard InChI is InChI=1S/C44H35NO/c1-3-40(34-20-10-5-11-21-34)45-41(28-26-33-18-8-4-9-19-33)35-27-29-43-39(31-35)44(38-24-14-15-25-42(38)46-43)30-16-6-7-17-32(2)36-22-12-13-23-37(36)44/h3-5,7-31,41H,1-2,6H2/b17-7-,28-26?,30-16?,45-40?. The Morgan fingerprint density at radius 3 is 2.24 bits per heavy atom. The zero-order valence-corrected chi connectivity index (χ0v) is 25.7. The summed E-state index contributed by atoms with van der Waals surface area (Å²) in [5.41, 5.74) is 8.91. The highest BCUT2D eigenvalue weighted by molar-refractivity contribution is 6.08. The normalized spacial score (nSPS) is 18.3. The quantitative estimate of drug-likeness (QED) is 0.142. The molecule has 1 aliphatic heterocycles. The number of ether oxygens (including phenoxy) is 1. The molecule has 2 atom stereocenters. The molecule has 0 N–H and O–H groups in total. The molecule has 5 aromatic carbocycles. The lowest BCUT2D eigenvalue weighted by molar-refractivity contribution is 0.436. The lowest BCUT2D eigenvalue weighted by Gasteiger charge is -2.40. The summed E-state index contributed by atoms with van der Waals surface area (Å²) in [6.45, 7) is 8.60. The molecule has 0 bridgehead atoms. The average molecular weight is 594 g/mol. The number of aliphatic imine (C=N–C) groups is 1. The van der Waals surface area contributed by atoms with Gasteiger partial charge in [-0.1, -0.05) is 159 Å². The van der Waals surface area contributed by atoms with E-state index >= 15 is 0 Å². The summed E-state index contributed by atoms with van der Waals surface area (Å²) in [6, 6.07) is 43.9. The van der Waals surface area contributed by atoms with Gasteiger partial charge in [-0.2, -0.15) is 0 Å². The van der Waals surface area contributed by atoms with Gasteiger partial charge in [0.1, 0.15) is 11.5 Å². The van der Waals surface area contributed by atoms with Crippen LogP contribution < -0.4 is 4.74 Å². The Balaban J connectivity index is 1.47. The third-order valence-electron chi connectivity index (χ3n) is 8.77. The first kappa shape index (κ1) is 29.0. The smallest absolute Gasteiger partial charge is 0.132 e. The molecule has 0 saturated heterocycles. The van der Waals surface area contributed by atoms with Crippen LogP contribution in [0.5, 0.6) is 11.5 Å². The molecule has 1 aliphatic carbocycles. The topological polar surface area (TPSA) is 21.6 Å². The highest BCUT2D eigenvalue weighted by Gasteiger charge is 2.43. The van der Waals surface area contributed by atoms with Gasteiger partial charge in [-0.05, 0) is 64.1 Å². The number of nitrogens with zero attached hydrogens (tertiary/aromatic N) is 1. The molecule has 2 heteroatoms. The van der Waals surface area contributed by atoms with Gasteiger partial charge in [0.2, 0.25) is 0 Å². The van der Waals surface area contributed by atoms with E-state index in [9.17, 15) is 0 Å². The molecule has 5 aromatic rings. The second kappa shape index (κ2) is 12.7. The summed E-state index contributed by atoms with van der Waals surface area (Å²) in [5, 5.41) is 0. The molecule has 7 rings (SSSR count). The van der Waals surface area contributed by atoms with Crippen molar-refractivity contribution in [2.45, 2.75) is 17.9 Å². The fourth-order valence-corrected chi connectivity index (χ4v) is 6.56. The highest BCUT2D eigenvalue weighted by atomic mass is 16.5. The first-order valence-electron chi connectivity index (χ1n) is 15.7. The monoisotopic (exact) mass is 593 g/mol. The molecule has 0 radical (unpaired) electrons. The van der Waals surface area contributed by atoms with Crippen LogP contribution in [0.4, 0.5) is 0 Å². The Labute approximate surface area is 271 Å². The van der Waals surface area contributed by atoms with Crippen molar-refractivity contribution in [3.8, 4) is 11.5 Å². The third-order valence-corrected chi connectivity index (χ3v) is 8.77. The summed E-state index contributed by atoms with van der Waals surface area (Å²) < 4.78 is 6.64. The van der Waals surface area contributed by atoms with Gasteiger partial charge in [-0.25, -0.2) is 0 Å². The zero-order valence-electron chi connectivity index (χ0n) is 25.7. The van der Waals surface area contributed by atoms with E-state index in [1.807, 2.05) is 36.4 Å². The van der Waals surface area contributed by atoms with Gasteiger partial charge >= 0.3 is 0 Å². The Bertz CT molecular complexity index is 2030. The number of hydrogen-bond acceptors (Lipinski definition) is 2. The van der Waals surface area contributed by atoms with Gasteiger partial charge in [0.25, 0.3) is 0 Å². The van der Waals surface area contributed by atoms with Gasteiger partial charge in [0.15, 0.2) is 0 Å². The summed E-state index contributed by atoms with van der Waals surface area (Å²) in [6.07, 6.45) is 15.9. The summed E-state index contributed by atoms with van der Waals surface area (Å²) >= 11 is 0. The maximum atomic E-state index is 6.64. The summed E-state index contributed by atoms with van der Waals surface area (Å²) in [5.74, 6) is 1.69. The van der Waals surface area contributed by atoms with Gasteiger partial charge in [-0.15, -0.1) is 0 Å².